The Bertz CT molecular complexity index is 732. The van der Waals surface area contributed by atoms with E-state index >= 15 is 0 Å². The minimum Gasteiger partial charge on any atom is -0.369 e. The molecule has 4 nitrogen and oxygen atoms in total. The third kappa shape index (κ3) is 4.93. The summed E-state index contributed by atoms with van der Waals surface area (Å²) in [5.41, 5.74) is 5.38. The van der Waals surface area contributed by atoms with Gasteiger partial charge in [-0.25, -0.2) is 0 Å². The fourth-order valence-corrected chi connectivity index (χ4v) is 4.25. The number of piperazine rings is 1. The van der Waals surface area contributed by atoms with Gasteiger partial charge in [-0.3, -0.25) is 4.90 Å². The van der Waals surface area contributed by atoms with Crippen molar-refractivity contribution in [3.05, 3.63) is 54.1 Å². The molecule has 2 aliphatic rings. The molecule has 2 saturated heterocycles. The zero-order chi connectivity index (χ0) is 19.3. The van der Waals surface area contributed by atoms with Crippen molar-refractivity contribution in [2.24, 2.45) is 0 Å². The van der Waals surface area contributed by atoms with Gasteiger partial charge in [-0.05, 0) is 62.4 Å². The van der Waals surface area contributed by atoms with Crippen LogP contribution in [0, 0.1) is 0 Å². The third-order valence-corrected chi connectivity index (χ3v) is 6.24. The lowest BCUT2D eigenvalue weighted by Crippen LogP contribution is -2.44. The average molecular weight is 379 g/mol. The van der Waals surface area contributed by atoms with Crippen LogP contribution in [-0.4, -0.2) is 81.2 Å². The Morgan fingerprint density at radius 2 is 1.18 bits per heavy atom. The standard InChI is InChI=1S/C24H34N4/c1-25-12-3-13-27(17-14-25)20-21-4-6-22(7-5-21)23-8-10-24(11-9-23)28-18-15-26(2)16-19-28/h4-11H,3,12-20H2,1-2H3. The minimum atomic E-state index is 1.07. The molecule has 2 fully saturated rings. The summed E-state index contributed by atoms with van der Waals surface area (Å²) >= 11 is 0. The second-order valence-electron chi connectivity index (χ2n) is 8.47. The van der Waals surface area contributed by atoms with Crippen LogP contribution in [0.4, 0.5) is 5.69 Å². The number of rotatable bonds is 4. The molecule has 0 N–H and O–H groups in total. The van der Waals surface area contributed by atoms with Gasteiger partial charge < -0.3 is 14.7 Å². The molecule has 4 heteroatoms. The Hall–Kier alpha value is -1.88. The molecule has 0 spiro atoms. The molecular weight excluding hydrogens is 344 g/mol. The first-order valence-corrected chi connectivity index (χ1v) is 10.7. The van der Waals surface area contributed by atoms with Gasteiger partial charge in [0.15, 0.2) is 0 Å². The van der Waals surface area contributed by atoms with Gasteiger partial charge in [-0.15, -0.1) is 0 Å². The predicted molar refractivity (Wildman–Crippen MR) is 119 cm³/mol. The van der Waals surface area contributed by atoms with Crippen LogP contribution in [-0.2, 0) is 6.54 Å². The molecular formula is C24H34N4. The summed E-state index contributed by atoms with van der Waals surface area (Å²) in [6.07, 6.45) is 1.27. The van der Waals surface area contributed by atoms with Crippen molar-refractivity contribution in [3.63, 3.8) is 0 Å². The lowest BCUT2D eigenvalue weighted by molar-refractivity contribution is 0.269. The van der Waals surface area contributed by atoms with Gasteiger partial charge in [0.25, 0.3) is 0 Å². The van der Waals surface area contributed by atoms with E-state index in [1.165, 1.54) is 55.0 Å². The molecule has 2 aliphatic heterocycles. The number of hydrogen-bond acceptors (Lipinski definition) is 4. The van der Waals surface area contributed by atoms with E-state index in [-0.39, 0.29) is 0 Å². The van der Waals surface area contributed by atoms with E-state index in [0.29, 0.717) is 0 Å². The van der Waals surface area contributed by atoms with E-state index in [1.54, 1.807) is 0 Å². The van der Waals surface area contributed by atoms with Crippen molar-refractivity contribution in [2.45, 2.75) is 13.0 Å². The third-order valence-electron chi connectivity index (χ3n) is 6.24. The molecule has 2 aromatic carbocycles. The van der Waals surface area contributed by atoms with Crippen LogP contribution in [0.5, 0.6) is 0 Å². The van der Waals surface area contributed by atoms with Gasteiger partial charge in [-0.1, -0.05) is 36.4 Å². The van der Waals surface area contributed by atoms with Crippen molar-refractivity contribution in [1.29, 1.82) is 0 Å². The van der Waals surface area contributed by atoms with Gasteiger partial charge in [0, 0.05) is 51.5 Å². The van der Waals surface area contributed by atoms with Crippen molar-refractivity contribution < 1.29 is 0 Å². The SMILES string of the molecule is CN1CCCN(Cc2ccc(-c3ccc(N4CCN(C)CC4)cc3)cc2)CC1. The number of likely N-dealkylation sites (N-methyl/N-ethyl adjacent to an activating group) is 2. The molecule has 4 rings (SSSR count). The topological polar surface area (TPSA) is 13.0 Å². The molecule has 0 unspecified atom stereocenters. The smallest absolute Gasteiger partial charge is 0.0367 e. The van der Waals surface area contributed by atoms with E-state index in [0.717, 1.165) is 32.7 Å². The number of benzene rings is 2. The highest BCUT2D eigenvalue weighted by molar-refractivity contribution is 5.66. The summed E-state index contributed by atoms with van der Waals surface area (Å²) in [5.74, 6) is 0. The summed E-state index contributed by atoms with van der Waals surface area (Å²) < 4.78 is 0. The lowest BCUT2D eigenvalue weighted by Gasteiger charge is -2.34. The molecule has 28 heavy (non-hydrogen) atoms. The zero-order valence-corrected chi connectivity index (χ0v) is 17.5. The number of hydrogen-bond donors (Lipinski definition) is 0. The van der Waals surface area contributed by atoms with Crippen molar-refractivity contribution in [1.82, 2.24) is 14.7 Å². The quantitative estimate of drug-likeness (QED) is 0.810. The summed E-state index contributed by atoms with van der Waals surface area (Å²) in [5, 5.41) is 0. The van der Waals surface area contributed by atoms with Gasteiger partial charge >= 0.3 is 0 Å². The van der Waals surface area contributed by atoms with Gasteiger partial charge in [-0.2, -0.15) is 0 Å². The van der Waals surface area contributed by atoms with Crippen molar-refractivity contribution >= 4 is 5.69 Å². The van der Waals surface area contributed by atoms with E-state index in [9.17, 15) is 0 Å². The lowest BCUT2D eigenvalue weighted by atomic mass is 10.0. The molecule has 2 aromatic rings. The highest BCUT2D eigenvalue weighted by atomic mass is 15.2. The van der Waals surface area contributed by atoms with E-state index in [4.69, 9.17) is 0 Å². The Balaban J connectivity index is 1.37. The van der Waals surface area contributed by atoms with Crippen LogP contribution in [0.2, 0.25) is 0 Å². The normalized spacial score (nSPS) is 20.3. The van der Waals surface area contributed by atoms with Crippen LogP contribution in [0.15, 0.2) is 48.5 Å². The van der Waals surface area contributed by atoms with Gasteiger partial charge in [0.2, 0.25) is 0 Å². The van der Waals surface area contributed by atoms with Crippen LogP contribution >= 0.6 is 0 Å². The molecule has 0 aromatic heterocycles. The fourth-order valence-electron chi connectivity index (χ4n) is 4.25. The predicted octanol–water partition coefficient (Wildman–Crippen LogP) is 3.24. The highest BCUT2D eigenvalue weighted by Crippen LogP contribution is 2.24. The maximum Gasteiger partial charge on any atom is 0.0367 e. The summed E-state index contributed by atoms with van der Waals surface area (Å²) in [4.78, 5) is 9.92. The van der Waals surface area contributed by atoms with Crippen LogP contribution in [0.1, 0.15) is 12.0 Å². The summed E-state index contributed by atoms with van der Waals surface area (Å²) in [6, 6.07) is 18.3. The number of nitrogens with zero attached hydrogens (tertiary/aromatic N) is 4. The molecule has 0 bridgehead atoms. The second-order valence-corrected chi connectivity index (χ2v) is 8.47. The molecule has 0 amide bonds. The van der Waals surface area contributed by atoms with Crippen LogP contribution < -0.4 is 4.90 Å². The highest BCUT2D eigenvalue weighted by Gasteiger charge is 2.14. The first-order valence-electron chi connectivity index (χ1n) is 10.7. The molecule has 0 aliphatic carbocycles. The van der Waals surface area contributed by atoms with E-state index in [2.05, 4.69) is 82.2 Å². The molecule has 0 saturated carbocycles. The minimum absolute atomic E-state index is 1.07. The van der Waals surface area contributed by atoms with E-state index < -0.39 is 0 Å². The van der Waals surface area contributed by atoms with Gasteiger partial charge in [0.1, 0.15) is 0 Å². The maximum atomic E-state index is 2.59. The number of anilines is 1. The second kappa shape index (κ2) is 9.08. The van der Waals surface area contributed by atoms with Gasteiger partial charge in [0.05, 0.1) is 0 Å². The Kier molecular flexibility index (Phi) is 6.30. The Labute approximate surface area is 170 Å². The molecule has 0 radical (unpaired) electrons. The zero-order valence-electron chi connectivity index (χ0n) is 17.5. The monoisotopic (exact) mass is 378 g/mol. The first-order chi connectivity index (χ1) is 13.7. The van der Waals surface area contributed by atoms with Crippen LogP contribution in [0.3, 0.4) is 0 Å². The maximum absolute atomic E-state index is 2.59. The first kappa shape index (κ1) is 19.4. The summed E-state index contributed by atoms with van der Waals surface area (Å²) in [7, 11) is 4.43. The Morgan fingerprint density at radius 3 is 1.86 bits per heavy atom. The Morgan fingerprint density at radius 1 is 0.607 bits per heavy atom. The molecule has 150 valence electrons. The van der Waals surface area contributed by atoms with E-state index in [1.807, 2.05) is 0 Å². The van der Waals surface area contributed by atoms with Crippen LogP contribution in [0.25, 0.3) is 11.1 Å². The average Bonchev–Trinajstić information content (AvgIpc) is 2.93. The molecule has 0 atom stereocenters. The largest absolute Gasteiger partial charge is 0.369 e. The summed E-state index contributed by atoms with van der Waals surface area (Å²) in [6.45, 7) is 10.4. The van der Waals surface area contributed by atoms with Crippen molar-refractivity contribution in [2.75, 3.05) is 71.4 Å². The molecule has 2 heterocycles. The fraction of sp³-hybridized carbons (Fsp3) is 0.500. The van der Waals surface area contributed by atoms with Crippen molar-refractivity contribution in [3.8, 4) is 11.1 Å².